The monoisotopic (exact) mass is 238 g/mol. The molecule has 5 nitrogen and oxygen atoms in total. The van der Waals surface area contributed by atoms with Gasteiger partial charge in [-0.1, -0.05) is 30.3 Å². The molecule has 0 fully saturated rings. The van der Waals surface area contributed by atoms with E-state index in [0.717, 1.165) is 0 Å². The zero-order valence-electron chi connectivity index (χ0n) is 8.38. The SMILES string of the molecule is O=C1CS(=O)(=O)CC(c2ccccc2)=NN1. The van der Waals surface area contributed by atoms with E-state index in [9.17, 15) is 13.2 Å². The molecule has 6 heteroatoms. The van der Waals surface area contributed by atoms with Crippen molar-refractivity contribution in [1.29, 1.82) is 0 Å². The molecule has 0 saturated carbocycles. The molecule has 0 spiro atoms. The lowest BCUT2D eigenvalue weighted by atomic mass is 10.1. The Labute approximate surface area is 93.1 Å². The van der Waals surface area contributed by atoms with Crippen LogP contribution in [-0.4, -0.2) is 31.5 Å². The van der Waals surface area contributed by atoms with E-state index in [-0.39, 0.29) is 5.75 Å². The number of hydrogen-bond acceptors (Lipinski definition) is 4. The van der Waals surface area contributed by atoms with Gasteiger partial charge in [0.15, 0.2) is 9.84 Å². The molecule has 0 radical (unpaired) electrons. The van der Waals surface area contributed by atoms with Gasteiger partial charge in [0.25, 0.3) is 5.91 Å². The van der Waals surface area contributed by atoms with Crippen molar-refractivity contribution < 1.29 is 13.2 Å². The van der Waals surface area contributed by atoms with Gasteiger partial charge >= 0.3 is 0 Å². The number of nitrogens with one attached hydrogen (secondary N) is 1. The highest BCUT2D eigenvalue weighted by molar-refractivity contribution is 7.92. The van der Waals surface area contributed by atoms with Gasteiger partial charge in [0, 0.05) is 0 Å². The molecule has 0 atom stereocenters. The smallest absolute Gasteiger partial charge is 0.255 e. The summed E-state index contributed by atoms with van der Waals surface area (Å²) in [4.78, 5) is 11.1. The molecule has 0 saturated heterocycles. The summed E-state index contributed by atoms with van der Waals surface area (Å²) in [7, 11) is -3.41. The van der Waals surface area contributed by atoms with E-state index < -0.39 is 21.5 Å². The van der Waals surface area contributed by atoms with Crippen molar-refractivity contribution in [2.75, 3.05) is 11.5 Å². The Kier molecular flexibility index (Phi) is 2.74. The Morgan fingerprint density at radius 2 is 1.81 bits per heavy atom. The quantitative estimate of drug-likeness (QED) is 0.744. The summed E-state index contributed by atoms with van der Waals surface area (Å²) in [5.41, 5.74) is 3.29. The topological polar surface area (TPSA) is 75.6 Å². The Morgan fingerprint density at radius 1 is 1.12 bits per heavy atom. The lowest BCUT2D eigenvalue weighted by molar-refractivity contribution is -0.118. The van der Waals surface area contributed by atoms with E-state index in [4.69, 9.17) is 0 Å². The number of hydrazone groups is 1. The van der Waals surface area contributed by atoms with Crippen LogP contribution in [0.1, 0.15) is 5.56 Å². The third kappa shape index (κ3) is 2.46. The minimum atomic E-state index is -3.41. The number of hydrogen-bond donors (Lipinski definition) is 1. The first-order valence-electron chi connectivity index (χ1n) is 4.68. The summed E-state index contributed by atoms with van der Waals surface area (Å²) in [6.07, 6.45) is 0. The van der Waals surface area contributed by atoms with Crippen molar-refractivity contribution in [3.05, 3.63) is 35.9 Å². The molecule has 2 rings (SSSR count). The summed E-state index contributed by atoms with van der Waals surface area (Å²) in [5.74, 6) is -1.31. The number of amides is 1. The summed E-state index contributed by atoms with van der Waals surface area (Å²) in [6, 6.07) is 8.92. The van der Waals surface area contributed by atoms with Gasteiger partial charge in [-0.2, -0.15) is 5.10 Å². The lowest BCUT2D eigenvalue weighted by Gasteiger charge is -2.02. The average molecular weight is 238 g/mol. The van der Waals surface area contributed by atoms with Crippen molar-refractivity contribution in [2.45, 2.75) is 0 Å². The van der Waals surface area contributed by atoms with Gasteiger partial charge < -0.3 is 0 Å². The third-order valence-electron chi connectivity index (χ3n) is 2.13. The highest BCUT2D eigenvalue weighted by Crippen LogP contribution is 2.06. The normalized spacial score (nSPS) is 19.5. The van der Waals surface area contributed by atoms with E-state index in [1.807, 2.05) is 6.07 Å². The number of benzene rings is 1. The molecule has 0 aliphatic carbocycles. The third-order valence-corrected chi connectivity index (χ3v) is 3.55. The molecule has 1 aliphatic heterocycles. The predicted octanol–water partition coefficient (Wildman–Crippen LogP) is -0.0647. The maximum atomic E-state index is 11.5. The minimum absolute atomic E-state index is 0.213. The fourth-order valence-electron chi connectivity index (χ4n) is 1.43. The Hall–Kier alpha value is -1.69. The number of sulfone groups is 1. The van der Waals surface area contributed by atoms with E-state index in [1.54, 1.807) is 24.3 Å². The molecule has 1 heterocycles. The molecule has 1 aromatic carbocycles. The van der Waals surface area contributed by atoms with Gasteiger partial charge in [-0.15, -0.1) is 0 Å². The number of rotatable bonds is 1. The average Bonchev–Trinajstić information content (AvgIpc) is 2.37. The molecule has 1 aliphatic rings. The molecule has 84 valence electrons. The molecule has 0 unspecified atom stereocenters. The van der Waals surface area contributed by atoms with Gasteiger partial charge in [0.05, 0.1) is 11.5 Å². The Bertz CT molecular complexity index is 534. The fraction of sp³-hybridized carbons (Fsp3) is 0.200. The molecular formula is C10H10N2O3S. The van der Waals surface area contributed by atoms with Gasteiger partial charge in [-0.3, -0.25) is 4.79 Å². The lowest BCUT2D eigenvalue weighted by Crippen LogP contribution is -2.24. The maximum Gasteiger partial charge on any atom is 0.255 e. The molecule has 0 aromatic heterocycles. The Morgan fingerprint density at radius 3 is 2.50 bits per heavy atom. The second kappa shape index (κ2) is 4.05. The standard InChI is InChI=1S/C10H10N2O3S/c13-10-7-16(14,15)6-9(11-12-10)8-4-2-1-3-5-8/h1-5H,6-7H2,(H,12,13). The second-order valence-corrected chi connectivity index (χ2v) is 5.56. The fourth-order valence-corrected chi connectivity index (χ4v) is 2.65. The number of carbonyl (C=O) groups is 1. The molecule has 1 amide bonds. The number of carbonyl (C=O) groups excluding carboxylic acids is 1. The Balaban J connectivity index is 2.39. The highest BCUT2D eigenvalue weighted by atomic mass is 32.2. The van der Waals surface area contributed by atoms with Crippen LogP contribution < -0.4 is 5.43 Å². The zero-order chi connectivity index (χ0) is 11.6. The van der Waals surface area contributed by atoms with Gasteiger partial charge in [-0.25, -0.2) is 13.8 Å². The van der Waals surface area contributed by atoms with Crippen molar-refractivity contribution in [3.63, 3.8) is 0 Å². The predicted molar refractivity (Wildman–Crippen MR) is 59.8 cm³/mol. The molecule has 0 bridgehead atoms. The van der Waals surface area contributed by atoms with Crippen molar-refractivity contribution >= 4 is 21.5 Å². The van der Waals surface area contributed by atoms with Crippen LogP contribution in [-0.2, 0) is 14.6 Å². The molecule has 16 heavy (non-hydrogen) atoms. The zero-order valence-corrected chi connectivity index (χ0v) is 9.20. The second-order valence-electron chi connectivity index (χ2n) is 3.49. The summed E-state index contributed by atoms with van der Waals surface area (Å²) < 4.78 is 23.0. The van der Waals surface area contributed by atoms with Crippen LogP contribution in [0.4, 0.5) is 0 Å². The van der Waals surface area contributed by atoms with Crippen LogP contribution in [0.25, 0.3) is 0 Å². The van der Waals surface area contributed by atoms with Crippen LogP contribution in [0, 0.1) is 0 Å². The van der Waals surface area contributed by atoms with Crippen molar-refractivity contribution in [1.82, 2.24) is 5.43 Å². The van der Waals surface area contributed by atoms with Gasteiger partial charge in [0.2, 0.25) is 0 Å². The number of nitrogens with zero attached hydrogens (tertiary/aromatic N) is 1. The first kappa shape index (κ1) is 10.8. The van der Waals surface area contributed by atoms with Gasteiger partial charge in [-0.05, 0) is 5.56 Å². The first-order valence-corrected chi connectivity index (χ1v) is 6.50. The van der Waals surface area contributed by atoms with Crippen LogP contribution in [0.2, 0.25) is 0 Å². The van der Waals surface area contributed by atoms with E-state index in [0.29, 0.717) is 11.3 Å². The summed E-state index contributed by atoms with van der Waals surface area (Å²) in [5, 5.41) is 3.81. The maximum absolute atomic E-state index is 11.5. The van der Waals surface area contributed by atoms with Gasteiger partial charge in [0.1, 0.15) is 5.75 Å². The molecule has 1 N–H and O–H groups in total. The first-order chi connectivity index (χ1) is 7.57. The summed E-state index contributed by atoms with van der Waals surface area (Å²) in [6.45, 7) is 0. The highest BCUT2D eigenvalue weighted by Gasteiger charge is 2.23. The van der Waals surface area contributed by atoms with Crippen molar-refractivity contribution in [2.24, 2.45) is 5.10 Å². The molecule has 1 aromatic rings. The van der Waals surface area contributed by atoms with Crippen LogP contribution in [0.5, 0.6) is 0 Å². The van der Waals surface area contributed by atoms with Crippen LogP contribution in [0.3, 0.4) is 0 Å². The van der Waals surface area contributed by atoms with E-state index in [2.05, 4.69) is 10.5 Å². The minimum Gasteiger partial charge on any atom is -0.272 e. The molecular weight excluding hydrogens is 228 g/mol. The largest absolute Gasteiger partial charge is 0.272 e. The van der Waals surface area contributed by atoms with E-state index in [1.165, 1.54) is 0 Å². The van der Waals surface area contributed by atoms with Crippen LogP contribution in [0.15, 0.2) is 35.4 Å². The van der Waals surface area contributed by atoms with Crippen LogP contribution >= 0.6 is 0 Å². The summed E-state index contributed by atoms with van der Waals surface area (Å²) >= 11 is 0. The van der Waals surface area contributed by atoms with Crippen molar-refractivity contribution in [3.8, 4) is 0 Å². The van der Waals surface area contributed by atoms with E-state index >= 15 is 0 Å².